The van der Waals surface area contributed by atoms with Crippen LogP contribution in [-0.4, -0.2) is 15.5 Å². The molecule has 1 amide bonds. The van der Waals surface area contributed by atoms with E-state index in [1.54, 1.807) is 29.7 Å². The number of nitrogens with zero attached hydrogens (tertiary/aromatic N) is 2. The molecule has 124 valence electrons. The van der Waals surface area contributed by atoms with Crippen LogP contribution in [0.2, 0.25) is 0 Å². The lowest BCUT2D eigenvalue weighted by atomic mass is 10.2. The number of carbonyl (C=O) groups is 1. The second kappa shape index (κ2) is 5.90. The van der Waals surface area contributed by atoms with Gasteiger partial charge in [-0.15, -0.1) is 11.3 Å². The number of hydrogen-bond donors (Lipinski definition) is 1. The molecule has 1 N–H and O–H groups in total. The first-order chi connectivity index (χ1) is 11.6. The van der Waals surface area contributed by atoms with E-state index in [0.29, 0.717) is 11.1 Å². The lowest BCUT2D eigenvalue weighted by molar-refractivity contribution is -0.122. The molecule has 0 aromatic carbocycles. The summed E-state index contributed by atoms with van der Waals surface area (Å²) in [6.07, 6.45) is 6.08. The molecular formula is C17H17N3O3S. The minimum atomic E-state index is -0.245. The maximum atomic E-state index is 12.7. The van der Waals surface area contributed by atoms with Crippen LogP contribution in [0.25, 0.3) is 10.2 Å². The van der Waals surface area contributed by atoms with Crippen LogP contribution in [0.1, 0.15) is 35.6 Å². The van der Waals surface area contributed by atoms with Crippen molar-refractivity contribution in [2.75, 3.05) is 0 Å². The van der Waals surface area contributed by atoms with Gasteiger partial charge in [-0.25, -0.2) is 4.98 Å². The number of amides is 1. The lowest BCUT2D eigenvalue weighted by Crippen LogP contribution is -2.33. The van der Waals surface area contributed by atoms with E-state index < -0.39 is 0 Å². The topological polar surface area (TPSA) is 77.1 Å². The minimum absolute atomic E-state index is 0.0442. The van der Waals surface area contributed by atoms with Gasteiger partial charge in [0.15, 0.2) is 0 Å². The molecule has 3 heterocycles. The molecule has 0 fully saturated rings. The fourth-order valence-electron chi connectivity index (χ4n) is 3.18. The molecule has 0 saturated carbocycles. The molecular weight excluding hydrogens is 326 g/mol. The van der Waals surface area contributed by atoms with Crippen molar-refractivity contribution in [1.82, 2.24) is 14.9 Å². The van der Waals surface area contributed by atoms with Crippen LogP contribution in [0.4, 0.5) is 0 Å². The SMILES string of the molecule is C[C@@H](NC(=O)Cn1cnc2sc3c(c2c1=O)CCC3)c1ccco1. The van der Waals surface area contributed by atoms with Gasteiger partial charge in [0.1, 0.15) is 17.1 Å². The van der Waals surface area contributed by atoms with E-state index in [2.05, 4.69) is 10.3 Å². The number of aryl methyl sites for hydroxylation is 2. The maximum absolute atomic E-state index is 12.7. The van der Waals surface area contributed by atoms with Crippen LogP contribution in [0.5, 0.6) is 0 Å². The van der Waals surface area contributed by atoms with Crippen molar-refractivity contribution >= 4 is 27.5 Å². The summed E-state index contributed by atoms with van der Waals surface area (Å²) in [5.41, 5.74) is 1.01. The van der Waals surface area contributed by atoms with Crippen LogP contribution in [0, 0.1) is 0 Å². The fraction of sp³-hybridized carbons (Fsp3) is 0.353. The zero-order chi connectivity index (χ0) is 16.7. The van der Waals surface area contributed by atoms with Crippen molar-refractivity contribution < 1.29 is 9.21 Å². The molecule has 0 aliphatic heterocycles. The summed E-state index contributed by atoms with van der Waals surface area (Å²) >= 11 is 1.60. The first-order valence-corrected chi connectivity index (χ1v) is 8.77. The number of nitrogens with one attached hydrogen (secondary N) is 1. The predicted molar refractivity (Wildman–Crippen MR) is 91.2 cm³/mol. The molecule has 3 aromatic heterocycles. The third-order valence-electron chi connectivity index (χ3n) is 4.35. The third-order valence-corrected chi connectivity index (χ3v) is 5.55. The number of aromatic nitrogens is 2. The Morgan fingerprint density at radius 3 is 3.17 bits per heavy atom. The van der Waals surface area contributed by atoms with Gasteiger partial charge in [0.05, 0.1) is 24.0 Å². The van der Waals surface area contributed by atoms with Gasteiger partial charge >= 0.3 is 0 Å². The van der Waals surface area contributed by atoms with Gasteiger partial charge < -0.3 is 9.73 Å². The first kappa shape index (κ1) is 15.1. The van der Waals surface area contributed by atoms with Crippen LogP contribution < -0.4 is 10.9 Å². The monoisotopic (exact) mass is 343 g/mol. The van der Waals surface area contributed by atoms with Crippen LogP contribution in [-0.2, 0) is 24.2 Å². The smallest absolute Gasteiger partial charge is 0.262 e. The summed E-state index contributed by atoms with van der Waals surface area (Å²) in [6, 6.07) is 3.34. The second-order valence-electron chi connectivity index (χ2n) is 6.02. The van der Waals surface area contributed by atoms with Crippen molar-refractivity contribution in [2.45, 2.75) is 38.8 Å². The quantitative estimate of drug-likeness (QED) is 0.789. The van der Waals surface area contributed by atoms with Gasteiger partial charge in [-0.2, -0.15) is 0 Å². The van der Waals surface area contributed by atoms with Crippen LogP contribution in [0.15, 0.2) is 33.9 Å². The predicted octanol–water partition coefficient (Wildman–Crippen LogP) is 2.42. The Morgan fingerprint density at radius 2 is 2.38 bits per heavy atom. The highest BCUT2D eigenvalue weighted by Gasteiger charge is 2.22. The van der Waals surface area contributed by atoms with Crippen molar-refractivity contribution in [3.8, 4) is 0 Å². The highest BCUT2D eigenvalue weighted by atomic mass is 32.1. The zero-order valence-electron chi connectivity index (χ0n) is 13.2. The molecule has 0 bridgehead atoms. The van der Waals surface area contributed by atoms with Gasteiger partial charge in [-0.3, -0.25) is 14.2 Å². The van der Waals surface area contributed by atoms with Crippen molar-refractivity contribution in [3.05, 3.63) is 51.3 Å². The summed E-state index contributed by atoms with van der Waals surface area (Å²) < 4.78 is 6.66. The average molecular weight is 343 g/mol. The van der Waals surface area contributed by atoms with E-state index >= 15 is 0 Å². The molecule has 4 rings (SSSR count). The normalized spacial score (nSPS) is 14.7. The van der Waals surface area contributed by atoms with E-state index in [4.69, 9.17) is 4.42 Å². The average Bonchev–Trinajstić information content (AvgIpc) is 3.25. The molecule has 0 radical (unpaired) electrons. The number of thiophene rings is 1. The third kappa shape index (κ3) is 2.54. The van der Waals surface area contributed by atoms with E-state index in [-0.39, 0.29) is 24.1 Å². The first-order valence-electron chi connectivity index (χ1n) is 7.96. The molecule has 0 spiro atoms. The molecule has 0 unspecified atom stereocenters. The molecule has 0 saturated heterocycles. The van der Waals surface area contributed by atoms with Gasteiger partial charge in [0.2, 0.25) is 5.91 Å². The number of hydrogen-bond acceptors (Lipinski definition) is 5. The van der Waals surface area contributed by atoms with E-state index in [9.17, 15) is 9.59 Å². The Morgan fingerprint density at radius 1 is 1.50 bits per heavy atom. The van der Waals surface area contributed by atoms with Gasteiger partial charge in [0, 0.05) is 4.88 Å². The van der Waals surface area contributed by atoms with Crippen molar-refractivity contribution in [2.24, 2.45) is 0 Å². The van der Waals surface area contributed by atoms with Crippen molar-refractivity contribution in [3.63, 3.8) is 0 Å². The highest BCUT2D eigenvalue weighted by Crippen LogP contribution is 2.34. The number of rotatable bonds is 4. The number of furan rings is 1. The van der Waals surface area contributed by atoms with E-state index in [1.807, 2.05) is 6.92 Å². The van der Waals surface area contributed by atoms with E-state index in [0.717, 1.165) is 29.7 Å². The molecule has 24 heavy (non-hydrogen) atoms. The number of carbonyl (C=O) groups excluding carboxylic acids is 1. The molecule has 1 atom stereocenters. The van der Waals surface area contributed by atoms with Gasteiger partial charge in [-0.05, 0) is 43.9 Å². The Balaban J connectivity index is 1.57. The Bertz CT molecular complexity index is 956. The zero-order valence-corrected chi connectivity index (χ0v) is 14.1. The van der Waals surface area contributed by atoms with E-state index in [1.165, 1.54) is 15.8 Å². The fourth-order valence-corrected chi connectivity index (χ4v) is 4.40. The summed E-state index contributed by atoms with van der Waals surface area (Å²) in [4.78, 5) is 31.4. The molecule has 7 heteroatoms. The minimum Gasteiger partial charge on any atom is -0.467 e. The molecule has 1 aliphatic carbocycles. The largest absolute Gasteiger partial charge is 0.467 e. The Hall–Kier alpha value is -2.41. The molecule has 3 aromatic rings. The second-order valence-corrected chi connectivity index (χ2v) is 7.10. The standard InChI is InChI=1S/C17H17N3O3S/c1-10(12-5-3-7-23-12)19-14(21)8-20-9-18-16-15(17(20)22)11-4-2-6-13(11)24-16/h3,5,7,9-10H,2,4,6,8H2,1H3,(H,19,21)/t10-/m1/s1. The summed E-state index contributed by atoms with van der Waals surface area (Å²) in [5, 5.41) is 3.53. The van der Waals surface area contributed by atoms with Gasteiger partial charge in [0.25, 0.3) is 5.56 Å². The summed E-state index contributed by atoms with van der Waals surface area (Å²) in [6.45, 7) is 1.80. The maximum Gasteiger partial charge on any atom is 0.262 e. The Labute approximate surface area is 142 Å². The number of fused-ring (bicyclic) bond motifs is 3. The summed E-state index contributed by atoms with van der Waals surface area (Å²) in [5.74, 6) is 0.439. The lowest BCUT2D eigenvalue weighted by Gasteiger charge is -2.12. The van der Waals surface area contributed by atoms with Gasteiger partial charge in [-0.1, -0.05) is 0 Å². The summed E-state index contributed by atoms with van der Waals surface area (Å²) in [7, 11) is 0. The van der Waals surface area contributed by atoms with Crippen LogP contribution in [0.3, 0.4) is 0 Å². The van der Waals surface area contributed by atoms with Crippen LogP contribution >= 0.6 is 11.3 Å². The molecule has 1 aliphatic rings. The van der Waals surface area contributed by atoms with Crippen molar-refractivity contribution in [1.29, 1.82) is 0 Å². The molecule has 6 nitrogen and oxygen atoms in total. The Kier molecular flexibility index (Phi) is 3.72. The highest BCUT2D eigenvalue weighted by molar-refractivity contribution is 7.18.